The Morgan fingerprint density at radius 3 is 2.39 bits per heavy atom. The van der Waals surface area contributed by atoms with Crippen molar-refractivity contribution >= 4 is 21.9 Å². The van der Waals surface area contributed by atoms with Crippen LogP contribution in [0.1, 0.15) is 67.4 Å². The Hall–Kier alpha value is -3.50. The Balaban J connectivity index is 1.42. The Labute approximate surface area is 241 Å². The van der Waals surface area contributed by atoms with Gasteiger partial charge in [0.1, 0.15) is 6.61 Å². The highest BCUT2D eigenvalue weighted by Gasteiger charge is 2.53. The van der Waals surface area contributed by atoms with E-state index in [-0.39, 0.29) is 28.3 Å². The van der Waals surface area contributed by atoms with Gasteiger partial charge in [0.15, 0.2) is 0 Å². The van der Waals surface area contributed by atoms with Crippen LogP contribution in [0.4, 0.5) is 5.95 Å². The summed E-state index contributed by atoms with van der Waals surface area (Å²) < 4.78 is 35.2. The molecule has 1 heterocycles. The second-order valence-corrected chi connectivity index (χ2v) is 13.7. The Kier molecular flexibility index (Phi) is 8.07. The number of hydrogen-bond donors (Lipinski definition) is 3. The molecule has 0 radical (unpaired) electrons. The van der Waals surface area contributed by atoms with Crippen LogP contribution < -0.4 is 14.8 Å². The van der Waals surface area contributed by atoms with Crippen molar-refractivity contribution < 1.29 is 23.1 Å². The number of sulfonamides is 1. The number of ether oxygens (including phenoxy) is 1. The molecule has 5 rings (SSSR count). The summed E-state index contributed by atoms with van der Waals surface area (Å²) >= 11 is 0. The van der Waals surface area contributed by atoms with Gasteiger partial charge in [-0.05, 0) is 86.6 Å². The quantitative estimate of drug-likeness (QED) is 0.254. The molecule has 0 bridgehead atoms. The van der Waals surface area contributed by atoms with Crippen LogP contribution in [0.2, 0.25) is 0 Å². The van der Waals surface area contributed by atoms with Crippen molar-refractivity contribution in [2.75, 3.05) is 11.3 Å². The number of carbonyl (C=O) groups is 1. The van der Waals surface area contributed by atoms with Gasteiger partial charge in [-0.15, -0.1) is 0 Å². The summed E-state index contributed by atoms with van der Waals surface area (Å²) in [6.45, 7) is 8.71. The summed E-state index contributed by atoms with van der Waals surface area (Å²) in [5.74, 6) is -0.628. The zero-order chi connectivity index (χ0) is 29.4. The van der Waals surface area contributed by atoms with E-state index in [1.807, 2.05) is 32.0 Å². The molecule has 1 atom stereocenters. The van der Waals surface area contributed by atoms with E-state index in [0.29, 0.717) is 29.7 Å². The minimum Gasteiger partial charge on any atom is -0.478 e. The average Bonchev–Trinajstić information content (AvgIpc) is 3.67. The second kappa shape index (κ2) is 11.4. The molecule has 1 aromatic heterocycles. The van der Waals surface area contributed by atoms with Crippen molar-refractivity contribution in [1.29, 1.82) is 0 Å². The molecule has 1 spiro atoms. The van der Waals surface area contributed by atoms with Crippen molar-refractivity contribution in [3.63, 3.8) is 0 Å². The fourth-order valence-electron chi connectivity index (χ4n) is 5.83. The number of aryl methyl sites for hydroxylation is 2. The summed E-state index contributed by atoms with van der Waals surface area (Å²) in [7, 11) is -4.18. The maximum Gasteiger partial charge on any atom is 0.335 e. The fraction of sp³-hybridized carbons (Fsp3) is 0.452. The summed E-state index contributed by atoms with van der Waals surface area (Å²) in [4.78, 5) is 20.2. The predicted octanol–water partition coefficient (Wildman–Crippen LogP) is 5.59. The number of carboxylic acid groups (broad SMARTS) is 1. The largest absolute Gasteiger partial charge is 0.478 e. The molecule has 2 aliphatic rings. The van der Waals surface area contributed by atoms with Crippen molar-refractivity contribution in [1.82, 2.24) is 15.3 Å². The topological polar surface area (TPSA) is 131 Å². The van der Waals surface area contributed by atoms with Gasteiger partial charge >= 0.3 is 5.97 Å². The number of rotatable bonds is 12. The van der Waals surface area contributed by atoms with Crippen molar-refractivity contribution in [2.45, 2.75) is 76.8 Å². The third kappa shape index (κ3) is 6.87. The lowest BCUT2D eigenvalue weighted by Crippen LogP contribution is -2.49. The molecule has 0 amide bonds. The van der Waals surface area contributed by atoms with Crippen molar-refractivity contribution in [2.24, 2.45) is 11.3 Å². The Morgan fingerprint density at radius 1 is 1.07 bits per heavy atom. The van der Waals surface area contributed by atoms with Gasteiger partial charge in [0.25, 0.3) is 10.0 Å². The first-order valence-electron chi connectivity index (χ1n) is 14.1. The molecule has 218 valence electrons. The number of aromatic nitrogens is 2. The minimum absolute atomic E-state index is 0.133. The van der Waals surface area contributed by atoms with Crippen LogP contribution in [-0.2, 0) is 10.0 Å². The Morgan fingerprint density at radius 2 is 1.76 bits per heavy atom. The van der Waals surface area contributed by atoms with Crippen LogP contribution in [-0.4, -0.2) is 48.2 Å². The van der Waals surface area contributed by atoms with Crippen LogP contribution in [0.15, 0.2) is 53.4 Å². The summed E-state index contributed by atoms with van der Waals surface area (Å²) in [5.41, 5.74) is 3.83. The van der Waals surface area contributed by atoms with Crippen molar-refractivity contribution in [3.8, 4) is 17.1 Å². The summed E-state index contributed by atoms with van der Waals surface area (Å²) in [6.07, 6.45) is 6.08. The van der Waals surface area contributed by atoms with Gasteiger partial charge in [-0.25, -0.2) is 22.9 Å². The molecule has 2 aromatic carbocycles. The van der Waals surface area contributed by atoms with Crippen LogP contribution in [0.25, 0.3) is 11.3 Å². The molecule has 2 fully saturated rings. The van der Waals surface area contributed by atoms with E-state index in [1.54, 1.807) is 6.07 Å². The third-order valence-corrected chi connectivity index (χ3v) is 9.36. The number of anilines is 1. The van der Waals surface area contributed by atoms with E-state index in [2.05, 4.69) is 33.9 Å². The molecular weight excluding hydrogens is 540 g/mol. The maximum absolute atomic E-state index is 13.2. The summed E-state index contributed by atoms with van der Waals surface area (Å²) in [5, 5.41) is 13.1. The van der Waals surface area contributed by atoms with E-state index in [9.17, 15) is 18.3 Å². The van der Waals surface area contributed by atoms with E-state index in [1.165, 1.54) is 43.9 Å². The van der Waals surface area contributed by atoms with Crippen LogP contribution in [0.5, 0.6) is 5.88 Å². The molecule has 2 saturated carbocycles. The third-order valence-electron chi connectivity index (χ3n) is 8.03. The first kappa shape index (κ1) is 29.0. The zero-order valence-corrected chi connectivity index (χ0v) is 24.8. The van der Waals surface area contributed by atoms with Crippen LogP contribution in [0, 0.1) is 25.2 Å². The highest BCUT2D eigenvalue weighted by molar-refractivity contribution is 7.92. The van der Waals surface area contributed by atoms with Gasteiger partial charge in [0.05, 0.1) is 16.2 Å². The molecule has 41 heavy (non-hydrogen) atoms. The second-order valence-electron chi connectivity index (χ2n) is 12.0. The number of aromatic carboxylic acids is 1. The normalized spacial score (nSPS) is 16.8. The molecule has 2 aliphatic carbocycles. The monoisotopic (exact) mass is 578 g/mol. The number of hydrogen-bond acceptors (Lipinski definition) is 7. The zero-order valence-electron chi connectivity index (χ0n) is 24.0. The van der Waals surface area contributed by atoms with Crippen molar-refractivity contribution in [3.05, 3.63) is 65.2 Å². The molecule has 3 N–H and O–H groups in total. The number of carboxylic acids is 1. The highest BCUT2D eigenvalue weighted by atomic mass is 32.2. The standard InChI is InChI=1S/C31H38N4O5S/c1-19(2)13-23(32-24-16-31(17-24)11-12-31)18-40-27-15-26(28-20(3)7-5-8-21(28)4)33-30(34-27)35-41(38,39)25-10-6-9-22(14-25)29(36)37/h5-10,14-15,19,23-24,32H,11-13,16-18H2,1-4H3,(H,36,37)(H,33,34,35)/t23-/m1/s1. The molecule has 0 aliphatic heterocycles. The van der Waals surface area contributed by atoms with E-state index < -0.39 is 16.0 Å². The molecule has 0 unspecified atom stereocenters. The molecule has 3 aromatic rings. The first-order valence-corrected chi connectivity index (χ1v) is 15.6. The number of nitrogens with one attached hydrogen (secondary N) is 2. The molecular formula is C31H38N4O5S. The predicted molar refractivity (Wildman–Crippen MR) is 158 cm³/mol. The van der Waals surface area contributed by atoms with Gasteiger partial charge in [0, 0.05) is 23.7 Å². The lowest BCUT2D eigenvalue weighted by molar-refractivity contribution is 0.0696. The number of nitrogens with zero attached hydrogens (tertiary/aromatic N) is 2. The van der Waals surface area contributed by atoms with Crippen LogP contribution >= 0.6 is 0 Å². The minimum atomic E-state index is -4.18. The maximum atomic E-state index is 13.2. The first-order chi connectivity index (χ1) is 19.4. The number of benzene rings is 2. The van der Waals surface area contributed by atoms with E-state index >= 15 is 0 Å². The van der Waals surface area contributed by atoms with Gasteiger partial charge in [-0.2, -0.15) is 4.98 Å². The highest BCUT2D eigenvalue weighted by Crippen LogP contribution is 2.60. The molecule has 10 heteroatoms. The van der Waals surface area contributed by atoms with E-state index in [4.69, 9.17) is 4.74 Å². The lowest BCUT2D eigenvalue weighted by Gasteiger charge is -2.39. The van der Waals surface area contributed by atoms with Gasteiger partial charge in [-0.3, -0.25) is 0 Å². The smallest absolute Gasteiger partial charge is 0.335 e. The van der Waals surface area contributed by atoms with E-state index in [0.717, 1.165) is 29.2 Å². The van der Waals surface area contributed by atoms with Gasteiger partial charge in [0.2, 0.25) is 11.8 Å². The van der Waals surface area contributed by atoms with Gasteiger partial charge < -0.3 is 15.2 Å². The molecule has 0 saturated heterocycles. The Bertz CT molecular complexity index is 1520. The summed E-state index contributed by atoms with van der Waals surface area (Å²) in [6, 6.07) is 13.4. The lowest BCUT2D eigenvalue weighted by atomic mass is 9.76. The molecule has 9 nitrogen and oxygen atoms in total. The fourth-order valence-corrected chi connectivity index (χ4v) is 6.82. The van der Waals surface area contributed by atoms with Crippen LogP contribution in [0.3, 0.4) is 0 Å². The van der Waals surface area contributed by atoms with Gasteiger partial charge in [-0.1, -0.05) is 38.1 Å². The SMILES string of the molecule is Cc1cccc(C)c1-c1cc(OC[C@@H](CC(C)C)NC2CC3(CC3)C2)nc(NS(=O)(=O)c2cccc(C(=O)O)c2)n1. The average molecular weight is 579 g/mol.